The van der Waals surface area contributed by atoms with Crippen LogP contribution in [0.15, 0.2) is 18.2 Å². The highest BCUT2D eigenvalue weighted by Crippen LogP contribution is 2.28. The van der Waals surface area contributed by atoms with E-state index in [4.69, 9.17) is 15.2 Å². The lowest BCUT2D eigenvalue weighted by Crippen LogP contribution is -2.22. The fourth-order valence-corrected chi connectivity index (χ4v) is 2.44. The highest BCUT2D eigenvalue weighted by Gasteiger charge is 2.18. The van der Waals surface area contributed by atoms with Gasteiger partial charge >= 0.3 is 5.97 Å². The van der Waals surface area contributed by atoms with Crippen molar-refractivity contribution in [2.75, 3.05) is 19.8 Å². The Morgan fingerprint density at radius 3 is 2.90 bits per heavy atom. The van der Waals surface area contributed by atoms with Crippen LogP contribution in [-0.2, 0) is 22.4 Å². The van der Waals surface area contributed by atoms with Crippen molar-refractivity contribution < 1.29 is 14.3 Å². The molecular formula is C15H22ClNO3. The van der Waals surface area contributed by atoms with Gasteiger partial charge in [-0.05, 0) is 61.9 Å². The van der Waals surface area contributed by atoms with Crippen molar-refractivity contribution in [2.24, 2.45) is 11.7 Å². The van der Waals surface area contributed by atoms with E-state index in [1.54, 1.807) is 6.92 Å². The number of benzene rings is 1. The fourth-order valence-electron chi connectivity index (χ4n) is 2.44. The van der Waals surface area contributed by atoms with Crippen molar-refractivity contribution >= 4 is 18.4 Å². The molecule has 20 heavy (non-hydrogen) atoms. The van der Waals surface area contributed by atoms with Gasteiger partial charge in [0, 0.05) is 0 Å². The van der Waals surface area contributed by atoms with Crippen LogP contribution in [0.3, 0.4) is 0 Å². The highest BCUT2D eigenvalue weighted by atomic mass is 35.5. The Labute approximate surface area is 126 Å². The Morgan fingerprint density at radius 2 is 2.20 bits per heavy atom. The van der Waals surface area contributed by atoms with Gasteiger partial charge in [-0.2, -0.15) is 0 Å². The van der Waals surface area contributed by atoms with Crippen LogP contribution in [0.25, 0.3) is 0 Å². The summed E-state index contributed by atoms with van der Waals surface area (Å²) in [5.74, 6) is 0.956. The molecule has 112 valence electrons. The molecule has 0 radical (unpaired) electrons. The molecule has 0 saturated carbocycles. The summed E-state index contributed by atoms with van der Waals surface area (Å²) in [5, 5.41) is 0. The van der Waals surface area contributed by atoms with Gasteiger partial charge in [0.2, 0.25) is 0 Å². The third kappa shape index (κ3) is 4.39. The maximum atomic E-state index is 11.2. The Kier molecular flexibility index (Phi) is 6.82. The van der Waals surface area contributed by atoms with Crippen LogP contribution >= 0.6 is 12.4 Å². The Balaban J connectivity index is 0.00000200. The van der Waals surface area contributed by atoms with Gasteiger partial charge in [0.25, 0.3) is 0 Å². The predicted octanol–water partition coefficient (Wildman–Crippen LogP) is 2.11. The minimum atomic E-state index is -0.333. The van der Waals surface area contributed by atoms with Crippen molar-refractivity contribution in [3.63, 3.8) is 0 Å². The van der Waals surface area contributed by atoms with Gasteiger partial charge in [-0.15, -0.1) is 12.4 Å². The van der Waals surface area contributed by atoms with Gasteiger partial charge in [0.05, 0.1) is 6.61 Å². The lowest BCUT2D eigenvalue weighted by atomic mass is 9.84. The topological polar surface area (TPSA) is 61.5 Å². The maximum Gasteiger partial charge on any atom is 0.344 e. The summed E-state index contributed by atoms with van der Waals surface area (Å²) in [6.45, 7) is 2.86. The van der Waals surface area contributed by atoms with E-state index in [1.807, 2.05) is 12.1 Å². The van der Waals surface area contributed by atoms with E-state index < -0.39 is 0 Å². The minimum Gasteiger partial charge on any atom is -0.482 e. The van der Waals surface area contributed by atoms with Crippen LogP contribution in [0, 0.1) is 5.92 Å². The number of ether oxygens (including phenoxy) is 2. The van der Waals surface area contributed by atoms with Crippen LogP contribution < -0.4 is 10.5 Å². The van der Waals surface area contributed by atoms with Gasteiger partial charge in [-0.3, -0.25) is 0 Å². The number of nitrogens with two attached hydrogens (primary N) is 1. The first kappa shape index (κ1) is 16.8. The molecule has 0 amide bonds. The van der Waals surface area contributed by atoms with Crippen molar-refractivity contribution in [1.82, 2.24) is 0 Å². The Morgan fingerprint density at radius 1 is 1.40 bits per heavy atom. The van der Waals surface area contributed by atoms with Gasteiger partial charge in [-0.1, -0.05) is 6.07 Å². The molecule has 1 aromatic carbocycles. The first-order chi connectivity index (χ1) is 9.22. The zero-order chi connectivity index (χ0) is 13.7. The second-order valence-electron chi connectivity index (χ2n) is 4.87. The highest BCUT2D eigenvalue weighted by molar-refractivity contribution is 5.85. The molecule has 0 heterocycles. The first-order valence-corrected chi connectivity index (χ1v) is 6.83. The number of carbonyl (C=O) groups is 1. The van der Waals surface area contributed by atoms with Crippen LogP contribution in [0.4, 0.5) is 0 Å². The zero-order valence-corrected chi connectivity index (χ0v) is 12.6. The molecule has 1 aliphatic carbocycles. The molecule has 2 N–H and O–H groups in total. The largest absolute Gasteiger partial charge is 0.482 e. The number of rotatable bonds is 5. The van der Waals surface area contributed by atoms with E-state index in [0.29, 0.717) is 12.5 Å². The van der Waals surface area contributed by atoms with Crippen molar-refractivity contribution in [1.29, 1.82) is 0 Å². The monoisotopic (exact) mass is 299 g/mol. The smallest absolute Gasteiger partial charge is 0.344 e. The summed E-state index contributed by atoms with van der Waals surface area (Å²) in [5.41, 5.74) is 8.40. The van der Waals surface area contributed by atoms with Gasteiger partial charge in [0.1, 0.15) is 5.75 Å². The second kappa shape index (κ2) is 8.12. The number of carbonyl (C=O) groups excluding carboxylic acids is 1. The summed E-state index contributed by atoms with van der Waals surface area (Å²) in [6, 6.07) is 6.03. The molecule has 0 aliphatic heterocycles. The molecule has 0 spiro atoms. The molecule has 0 saturated heterocycles. The Bertz CT molecular complexity index is 451. The molecule has 0 unspecified atom stereocenters. The molecule has 1 atom stereocenters. The van der Waals surface area contributed by atoms with E-state index in [1.165, 1.54) is 11.1 Å². The average molecular weight is 300 g/mol. The lowest BCUT2D eigenvalue weighted by Gasteiger charge is -2.23. The third-order valence-electron chi connectivity index (χ3n) is 3.50. The zero-order valence-electron chi connectivity index (χ0n) is 11.8. The van der Waals surface area contributed by atoms with Crippen LogP contribution in [0.1, 0.15) is 24.5 Å². The predicted molar refractivity (Wildman–Crippen MR) is 80.4 cm³/mol. The average Bonchev–Trinajstić information content (AvgIpc) is 2.44. The first-order valence-electron chi connectivity index (χ1n) is 6.83. The quantitative estimate of drug-likeness (QED) is 0.846. The molecule has 4 nitrogen and oxygen atoms in total. The number of hydrogen-bond acceptors (Lipinski definition) is 4. The summed E-state index contributed by atoms with van der Waals surface area (Å²) >= 11 is 0. The molecule has 5 heteroatoms. The fraction of sp³-hybridized carbons (Fsp3) is 0.533. The Hall–Kier alpha value is -1.26. The summed E-state index contributed by atoms with van der Waals surface area (Å²) in [6.07, 6.45) is 3.24. The van der Waals surface area contributed by atoms with E-state index in [-0.39, 0.29) is 25.0 Å². The summed E-state index contributed by atoms with van der Waals surface area (Å²) < 4.78 is 10.3. The molecule has 0 aromatic heterocycles. The second-order valence-corrected chi connectivity index (χ2v) is 4.87. The number of halogens is 1. The van der Waals surface area contributed by atoms with E-state index in [0.717, 1.165) is 31.6 Å². The molecular weight excluding hydrogens is 278 g/mol. The minimum absolute atomic E-state index is 0. The van der Waals surface area contributed by atoms with E-state index in [9.17, 15) is 4.79 Å². The van der Waals surface area contributed by atoms with Gasteiger partial charge in [0.15, 0.2) is 6.61 Å². The lowest BCUT2D eigenvalue weighted by molar-refractivity contribution is -0.145. The number of hydrogen-bond donors (Lipinski definition) is 1. The van der Waals surface area contributed by atoms with Crippen LogP contribution in [0.5, 0.6) is 5.75 Å². The number of aryl methyl sites for hydroxylation is 1. The van der Waals surface area contributed by atoms with Crippen molar-refractivity contribution in [3.05, 3.63) is 29.3 Å². The molecule has 0 bridgehead atoms. The van der Waals surface area contributed by atoms with Crippen molar-refractivity contribution in [2.45, 2.75) is 26.2 Å². The van der Waals surface area contributed by atoms with E-state index in [2.05, 4.69) is 6.07 Å². The molecule has 2 rings (SSSR count). The van der Waals surface area contributed by atoms with Crippen molar-refractivity contribution in [3.8, 4) is 5.75 Å². The normalized spacial score (nSPS) is 16.8. The number of fused-ring (bicyclic) bond motifs is 1. The van der Waals surface area contributed by atoms with Crippen LogP contribution in [0.2, 0.25) is 0 Å². The summed E-state index contributed by atoms with van der Waals surface area (Å²) in [7, 11) is 0. The summed E-state index contributed by atoms with van der Waals surface area (Å²) in [4.78, 5) is 11.2. The van der Waals surface area contributed by atoms with Crippen LogP contribution in [-0.4, -0.2) is 25.7 Å². The molecule has 1 aromatic rings. The SMILES string of the molecule is CCOC(=O)COc1ccc2c(c1)C[C@H](CN)CC2.Cl. The van der Waals surface area contributed by atoms with E-state index >= 15 is 0 Å². The molecule has 0 fully saturated rings. The maximum absolute atomic E-state index is 11.2. The third-order valence-corrected chi connectivity index (χ3v) is 3.50. The van der Waals surface area contributed by atoms with Gasteiger partial charge in [-0.25, -0.2) is 4.79 Å². The molecule has 1 aliphatic rings. The standard InChI is InChI=1S/C15H21NO3.ClH/c1-2-18-15(17)10-19-14-6-5-12-4-3-11(9-16)7-13(12)8-14;/h5-6,8,11H,2-4,7,9-10,16H2,1H3;1H/t11-;/m1./s1. The van der Waals surface area contributed by atoms with Gasteiger partial charge < -0.3 is 15.2 Å². The number of esters is 1.